The van der Waals surface area contributed by atoms with Crippen molar-refractivity contribution >= 4 is 51.8 Å². The van der Waals surface area contributed by atoms with E-state index in [1.54, 1.807) is 49.9 Å². The molecule has 31 heavy (non-hydrogen) atoms. The molecule has 0 fully saturated rings. The van der Waals surface area contributed by atoms with Crippen LogP contribution in [0.15, 0.2) is 30.3 Å². The molecule has 1 aromatic carbocycles. The molecule has 0 saturated carbocycles. The first-order valence-electron chi connectivity index (χ1n) is 10.1. The molecule has 2 rings (SSSR count). The Balaban J connectivity index is 2.37. The highest BCUT2D eigenvalue weighted by molar-refractivity contribution is 7.18. The van der Waals surface area contributed by atoms with Crippen molar-refractivity contribution in [1.82, 2.24) is 4.90 Å². The lowest BCUT2D eigenvalue weighted by molar-refractivity contribution is -0.111. The molecule has 0 aliphatic carbocycles. The minimum absolute atomic E-state index is 0.180. The van der Waals surface area contributed by atoms with Crippen molar-refractivity contribution in [2.75, 3.05) is 18.4 Å². The van der Waals surface area contributed by atoms with Gasteiger partial charge in [-0.25, -0.2) is 4.79 Å². The van der Waals surface area contributed by atoms with E-state index in [2.05, 4.69) is 5.32 Å². The van der Waals surface area contributed by atoms with Crippen LogP contribution < -0.4 is 5.32 Å². The predicted octanol–water partition coefficient (Wildman–Crippen LogP) is 5.41. The van der Waals surface area contributed by atoms with Gasteiger partial charge in [0.15, 0.2) is 0 Å². The highest BCUT2D eigenvalue weighted by Crippen LogP contribution is 2.35. The van der Waals surface area contributed by atoms with Gasteiger partial charge in [-0.2, -0.15) is 0 Å². The number of nitrogens with one attached hydrogen (secondary N) is 1. The van der Waals surface area contributed by atoms with Crippen LogP contribution in [-0.4, -0.2) is 41.9 Å². The first-order valence-corrected chi connectivity index (χ1v) is 11.3. The zero-order valence-corrected chi connectivity index (χ0v) is 19.9. The largest absolute Gasteiger partial charge is 0.459 e. The van der Waals surface area contributed by atoms with Gasteiger partial charge in [0.05, 0.1) is 16.5 Å². The first kappa shape index (κ1) is 24.6. The van der Waals surface area contributed by atoms with Crippen LogP contribution in [0.4, 0.5) is 5.00 Å². The minimum Gasteiger partial charge on any atom is -0.459 e. The van der Waals surface area contributed by atoms with Crippen LogP contribution in [0.2, 0.25) is 5.02 Å². The van der Waals surface area contributed by atoms with Gasteiger partial charge < -0.3 is 15.0 Å². The minimum atomic E-state index is -0.573. The van der Waals surface area contributed by atoms with E-state index < -0.39 is 11.9 Å². The van der Waals surface area contributed by atoms with Gasteiger partial charge in [0.1, 0.15) is 5.00 Å². The van der Waals surface area contributed by atoms with Gasteiger partial charge in [-0.15, -0.1) is 11.3 Å². The molecule has 0 spiro atoms. The van der Waals surface area contributed by atoms with E-state index in [1.807, 2.05) is 19.9 Å². The Hall–Kier alpha value is -2.64. The number of halogens is 1. The van der Waals surface area contributed by atoms with Gasteiger partial charge in [0, 0.05) is 24.2 Å². The van der Waals surface area contributed by atoms with Crippen LogP contribution in [0.5, 0.6) is 0 Å². The second kappa shape index (κ2) is 11.1. The number of nitrogens with zero attached hydrogens (tertiary/aromatic N) is 1. The zero-order chi connectivity index (χ0) is 23.1. The Labute approximate surface area is 191 Å². The molecule has 1 N–H and O–H groups in total. The molecule has 0 unspecified atom stereocenters. The summed E-state index contributed by atoms with van der Waals surface area (Å²) in [6, 6.07) is 7.08. The van der Waals surface area contributed by atoms with Crippen LogP contribution in [-0.2, 0) is 9.53 Å². The maximum atomic E-state index is 12.9. The maximum absolute atomic E-state index is 12.9. The number of hydrogen-bond donors (Lipinski definition) is 1. The average Bonchev–Trinajstić information content (AvgIpc) is 3.02. The molecule has 2 amide bonds. The van der Waals surface area contributed by atoms with Gasteiger partial charge in [-0.1, -0.05) is 23.7 Å². The van der Waals surface area contributed by atoms with E-state index in [4.69, 9.17) is 16.3 Å². The predicted molar refractivity (Wildman–Crippen MR) is 126 cm³/mol. The van der Waals surface area contributed by atoms with Crippen LogP contribution in [0, 0.1) is 6.92 Å². The molecule has 0 atom stereocenters. The van der Waals surface area contributed by atoms with Gasteiger partial charge in [0.2, 0.25) is 5.91 Å². The van der Waals surface area contributed by atoms with Gasteiger partial charge in [0.25, 0.3) is 5.91 Å². The van der Waals surface area contributed by atoms with E-state index in [9.17, 15) is 14.4 Å². The molecule has 6 nitrogen and oxygen atoms in total. The number of anilines is 1. The fraction of sp³-hybridized carbons (Fsp3) is 0.348. The number of ether oxygens (including phenoxy) is 1. The van der Waals surface area contributed by atoms with Crippen molar-refractivity contribution in [1.29, 1.82) is 0 Å². The Morgan fingerprint density at radius 2 is 1.90 bits per heavy atom. The fourth-order valence-corrected chi connectivity index (χ4v) is 4.28. The summed E-state index contributed by atoms with van der Waals surface area (Å²) in [4.78, 5) is 40.2. The van der Waals surface area contributed by atoms with Gasteiger partial charge in [-0.3, -0.25) is 9.59 Å². The number of rotatable bonds is 8. The van der Waals surface area contributed by atoms with Crippen molar-refractivity contribution in [2.45, 2.75) is 40.7 Å². The Bertz CT molecular complexity index is 993. The van der Waals surface area contributed by atoms with Crippen molar-refractivity contribution < 1.29 is 19.1 Å². The Kier molecular flexibility index (Phi) is 8.83. The van der Waals surface area contributed by atoms with Crippen LogP contribution in [0.3, 0.4) is 0 Å². The van der Waals surface area contributed by atoms with E-state index in [0.29, 0.717) is 33.6 Å². The normalized spacial score (nSPS) is 11.1. The van der Waals surface area contributed by atoms with E-state index in [-0.39, 0.29) is 17.6 Å². The average molecular weight is 463 g/mol. The van der Waals surface area contributed by atoms with Crippen LogP contribution in [0.1, 0.15) is 58.9 Å². The van der Waals surface area contributed by atoms with E-state index in [1.165, 1.54) is 6.08 Å². The van der Waals surface area contributed by atoms with Crippen molar-refractivity contribution in [2.24, 2.45) is 0 Å². The number of carbonyl (C=O) groups is 3. The third-order valence-electron chi connectivity index (χ3n) is 4.45. The third kappa shape index (κ3) is 6.42. The smallest absolute Gasteiger partial charge is 0.341 e. The fourth-order valence-electron chi connectivity index (χ4n) is 2.91. The quantitative estimate of drug-likeness (QED) is 0.420. The SMILES string of the molecule is CCN(CC)C(=O)c1sc(NC(=O)/C=C/c2cccc(Cl)c2)c(C(=O)OC(C)C)c1C. The lowest BCUT2D eigenvalue weighted by Crippen LogP contribution is -2.30. The third-order valence-corrected chi connectivity index (χ3v) is 5.88. The first-order chi connectivity index (χ1) is 14.7. The molecule has 1 aromatic heterocycles. The van der Waals surface area contributed by atoms with Crippen molar-refractivity contribution in [3.05, 3.63) is 56.9 Å². The molecule has 0 saturated heterocycles. The van der Waals surface area contributed by atoms with Gasteiger partial charge >= 0.3 is 5.97 Å². The standard InChI is InChI=1S/C23H27ClN2O4S/c1-6-26(7-2)22(28)20-15(5)19(23(29)30-14(3)4)21(31-20)25-18(27)12-11-16-9-8-10-17(24)13-16/h8-14H,6-7H2,1-5H3,(H,25,27)/b12-11+. The van der Waals surface area contributed by atoms with Gasteiger partial charge in [-0.05, 0) is 64.0 Å². The lowest BCUT2D eigenvalue weighted by atomic mass is 10.1. The Morgan fingerprint density at radius 3 is 2.48 bits per heavy atom. The molecule has 8 heteroatoms. The molecule has 0 aliphatic rings. The summed E-state index contributed by atoms with van der Waals surface area (Å²) in [5.74, 6) is -1.18. The molecular weight excluding hydrogens is 436 g/mol. The molecular formula is C23H27ClN2O4S. The maximum Gasteiger partial charge on any atom is 0.341 e. The van der Waals surface area contributed by atoms with Crippen molar-refractivity contribution in [3.63, 3.8) is 0 Å². The number of hydrogen-bond acceptors (Lipinski definition) is 5. The zero-order valence-electron chi connectivity index (χ0n) is 18.3. The number of amides is 2. The summed E-state index contributed by atoms with van der Waals surface area (Å²) in [6.45, 7) is 10.1. The summed E-state index contributed by atoms with van der Waals surface area (Å²) in [5.41, 5.74) is 1.47. The van der Waals surface area contributed by atoms with Crippen LogP contribution in [0.25, 0.3) is 6.08 Å². The summed E-state index contributed by atoms with van der Waals surface area (Å²) in [5, 5.41) is 3.58. The number of thiophene rings is 1. The monoisotopic (exact) mass is 462 g/mol. The van der Waals surface area contributed by atoms with E-state index in [0.717, 1.165) is 16.9 Å². The number of benzene rings is 1. The summed E-state index contributed by atoms with van der Waals surface area (Å²) in [7, 11) is 0. The second-order valence-electron chi connectivity index (χ2n) is 7.07. The Morgan fingerprint density at radius 1 is 1.23 bits per heavy atom. The molecule has 0 bridgehead atoms. The summed E-state index contributed by atoms with van der Waals surface area (Å²) in [6.07, 6.45) is 2.64. The highest BCUT2D eigenvalue weighted by atomic mass is 35.5. The number of esters is 1. The second-order valence-corrected chi connectivity index (χ2v) is 8.53. The van der Waals surface area contributed by atoms with Crippen LogP contribution >= 0.6 is 22.9 Å². The molecule has 0 aliphatic heterocycles. The van der Waals surface area contributed by atoms with E-state index >= 15 is 0 Å². The molecule has 2 aromatic rings. The molecule has 0 radical (unpaired) electrons. The highest BCUT2D eigenvalue weighted by Gasteiger charge is 2.28. The van der Waals surface area contributed by atoms with Crippen molar-refractivity contribution in [3.8, 4) is 0 Å². The summed E-state index contributed by atoms with van der Waals surface area (Å²) < 4.78 is 5.35. The summed E-state index contributed by atoms with van der Waals surface area (Å²) >= 11 is 7.05. The lowest BCUT2D eigenvalue weighted by Gasteiger charge is -2.18. The molecule has 166 valence electrons. The molecule has 1 heterocycles. The topological polar surface area (TPSA) is 75.7 Å². The number of carbonyl (C=O) groups excluding carboxylic acids is 3.